The highest BCUT2D eigenvalue weighted by Crippen LogP contribution is 2.37. The predicted octanol–water partition coefficient (Wildman–Crippen LogP) is 5.46. The molecule has 4 nitrogen and oxygen atoms in total. The summed E-state index contributed by atoms with van der Waals surface area (Å²) in [5.41, 5.74) is 2.14. The molecule has 0 fully saturated rings. The number of carbonyl (C=O) groups excluding carboxylic acids is 1. The highest BCUT2D eigenvalue weighted by molar-refractivity contribution is 6.35. The number of esters is 1. The van der Waals surface area contributed by atoms with Crippen LogP contribution in [0.15, 0.2) is 24.3 Å². The SMILES string of the molecule is CCOC(=O)/C=C1\CCCc2c(C(F)F)nn(Cc3ccc(Cl)cc3Cl)c21. The largest absolute Gasteiger partial charge is 0.463 e. The van der Waals surface area contributed by atoms with E-state index in [2.05, 4.69) is 5.10 Å². The van der Waals surface area contributed by atoms with Crippen LogP contribution in [0.1, 0.15) is 48.7 Å². The topological polar surface area (TPSA) is 44.1 Å². The number of ether oxygens (including phenoxy) is 1. The highest BCUT2D eigenvalue weighted by Gasteiger charge is 2.29. The number of hydrogen-bond donors (Lipinski definition) is 0. The van der Waals surface area contributed by atoms with E-state index in [1.165, 1.54) is 10.8 Å². The second-order valence-electron chi connectivity index (χ2n) is 6.18. The maximum atomic E-state index is 13.5. The molecule has 0 bridgehead atoms. The molecule has 144 valence electrons. The smallest absolute Gasteiger partial charge is 0.331 e. The second-order valence-corrected chi connectivity index (χ2v) is 7.03. The molecule has 0 spiro atoms. The van der Waals surface area contributed by atoms with E-state index in [-0.39, 0.29) is 18.8 Å². The van der Waals surface area contributed by atoms with Gasteiger partial charge in [-0.25, -0.2) is 13.6 Å². The number of benzene rings is 1. The number of carbonyl (C=O) groups is 1. The van der Waals surface area contributed by atoms with Crippen LogP contribution in [0.2, 0.25) is 10.0 Å². The summed E-state index contributed by atoms with van der Waals surface area (Å²) in [7, 11) is 0. The third-order valence-corrected chi connectivity index (χ3v) is 4.97. The van der Waals surface area contributed by atoms with Gasteiger partial charge < -0.3 is 4.74 Å². The first-order chi connectivity index (χ1) is 12.9. The van der Waals surface area contributed by atoms with E-state index in [1.807, 2.05) is 0 Å². The van der Waals surface area contributed by atoms with Crippen molar-refractivity contribution < 1.29 is 18.3 Å². The first-order valence-electron chi connectivity index (χ1n) is 8.60. The summed E-state index contributed by atoms with van der Waals surface area (Å²) in [6.07, 6.45) is 0.435. The lowest BCUT2D eigenvalue weighted by Gasteiger charge is -2.18. The average Bonchev–Trinajstić information content (AvgIpc) is 2.97. The molecule has 1 aliphatic rings. The van der Waals surface area contributed by atoms with Crippen molar-refractivity contribution in [3.05, 3.63) is 56.8 Å². The van der Waals surface area contributed by atoms with Gasteiger partial charge in [0.15, 0.2) is 0 Å². The molecule has 2 aromatic rings. The molecule has 0 unspecified atom stereocenters. The monoisotopic (exact) mass is 414 g/mol. The Bertz CT molecular complexity index is 894. The van der Waals surface area contributed by atoms with Crippen LogP contribution in [0.4, 0.5) is 8.78 Å². The number of halogens is 4. The zero-order chi connectivity index (χ0) is 19.6. The molecule has 0 saturated carbocycles. The molecule has 0 aliphatic heterocycles. The van der Waals surface area contributed by atoms with Crippen molar-refractivity contribution in [3.8, 4) is 0 Å². The molecule has 0 N–H and O–H groups in total. The normalized spacial score (nSPS) is 15.3. The lowest BCUT2D eigenvalue weighted by molar-refractivity contribution is -0.137. The number of fused-ring (bicyclic) bond motifs is 1. The molecule has 27 heavy (non-hydrogen) atoms. The number of aromatic nitrogens is 2. The molecule has 1 heterocycles. The Labute approximate surface area is 165 Å². The molecule has 1 aromatic carbocycles. The van der Waals surface area contributed by atoms with Crippen LogP contribution in [0.25, 0.3) is 5.57 Å². The number of rotatable bonds is 5. The molecule has 1 aromatic heterocycles. The minimum Gasteiger partial charge on any atom is -0.463 e. The fourth-order valence-electron chi connectivity index (χ4n) is 3.27. The fraction of sp³-hybridized carbons (Fsp3) is 0.368. The summed E-state index contributed by atoms with van der Waals surface area (Å²) in [5.74, 6) is -0.490. The minimum absolute atomic E-state index is 0.200. The molecule has 0 radical (unpaired) electrons. The summed E-state index contributed by atoms with van der Waals surface area (Å²) >= 11 is 12.2. The summed E-state index contributed by atoms with van der Waals surface area (Å²) in [6, 6.07) is 5.01. The Morgan fingerprint density at radius 3 is 2.81 bits per heavy atom. The predicted molar refractivity (Wildman–Crippen MR) is 100 cm³/mol. The van der Waals surface area contributed by atoms with E-state index in [4.69, 9.17) is 27.9 Å². The van der Waals surface area contributed by atoms with E-state index in [1.54, 1.807) is 25.1 Å². The zero-order valence-corrected chi connectivity index (χ0v) is 16.2. The van der Waals surface area contributed by atoms with Gasteiger partial charge >= 0.3 is 5.97 Å². The van der Waals surface area contributed by atoms with Gasteiger partial charge in [-0.15, -0.1) is 0 Å². The molecular weight excluding hydrogens is 397 g/mol. The molecule has 0 amide bonds. The van der Waals surface area contributed by atoms with E-state index in [0.717, 1.165) is 0 Å². The summed E-state index contributed by atoms with van der Waals surface area (Å²) in [6.45, 7) is 2.16. The third kappa shape index (κ3) is 4.33. The van der Waals surface area contributed by atoms with Gasteiger partial charge in [-0.2, -0.15) is 5.10 Å². The van der Waals surface area contributed by atoms with Crippen LogP contribution in [0.5, 0.6) is 0 Å². The van der Waals surface area contributed by atoms with E-state index in [9.17, 15) is 13.6 Å². The van der Waals surface area contributed by atoms with Crippen molar-refractivity contribution in [2.45, 2.75) is 39.2 Å². The van der Waals surface area contributed by atoms with Gasteiger partial charge in [-0.1, -0.05) is 29.3 Å². The summed E-state index contributed by atoms with van der Waals surface area (Å²) < 4.78 is 33.5. The van der Waals surface area contributed by atoms with Crippen LogP contribution >= 0.6 is 23.2 Å². The van der Waals surface area contributed by atoms with Crippen molar-refractivity contribution in [1.29, 1.82) is 0 Å². The van der Waals surface area contributed by atoms with Gasteiger partial charge in [-0.05, 0) is 49.5 Å². The molecule has 3 rings (SSSR count). The lowest BCUT2D eigenvalue weighted by atomic mass is 9.91. The summed E-state index contributed by atoms with van der Waals surface area (Å²) in [4.78, 5) is 11.9. The van der Waals surface area contributed by atoms with Crippen LogP contribution in [-0.2, 0) is 22.5 Å². The van der Waals surface area contributed by atoms with Gasteiger partial charge in [0, 0.05) is 21.7 Å². The number of nitrogens with zero attached hydrogens (tertiary/aromatic N) is 2. The van der Waals surface area contributed by atoms with Crippen LogP contribution in [0.3, 0.4) is 0 Å². The van der Waals surface area contributed by atoms with Crippen molar-refractivity contribution in [3.63, 3.8) is 0 Å². The van der Waals surface area contributed by atoms with Gasteiger partial charge in [0.25, 0.3) is 6.43 Å². The van der Waals surface area contributed by atoms with Crippen LogP contribution < -0.4 is 0 Å². The molecule has 0 saturated heterocycles. The fourth-order valence-corrected chi connectivity index (χ4v) is 3.73. The lowest BCUT2D eigenvalue weighted by Crippen LogP contribution is -2.12. The van der Waals surface area contributed by atoms with Crippen molar-refractivity contribution in [2.75, 3.05) is 6.61 Å². The second kappa shape index (κ2) is 8.40. The Kier molecular flexibility index (Phi) is 6.17. The van der Waals surface area contributed by atoms with Crippen molar-refractivity contribution >= 4 is 34.7 Å². The minimum atomic E-state index is -2.69. The van der Waals surface area contributed by atoms with E-state index in [0.29, 0.717) is 51.7 Å². The third-order valence-electron chi connectivity index (χ3n) is 4.38. The van der Waals surface area contributed by atoms with Crippen molar-refractivity contribution in [2.24, 2.45) is 0 Å². The van der Waals surface area contributed by atoms with Gasteiger partial charge in [0.2, 0.25) is 0 Å². The Morgan fingerprint density at radius 2 is 2.15 bits per heavy atom. The Morgan fingerprint density at radius 1 is 1.37 bits per heavy atom. The van der Waals surface area contributed by atoms with E-state index >= 15 is 0 Å². The Hall–Kier alpha value is -1.92. The number of allylic oxidation sites excluding steroid dienone is 1. The molecule has 1 aliphatic carbocycles. The van der Waals surface area contributed by atoms with Gasteiger partial charge in [0.05, 0.1) is 18.8 Å². The highest BCUT2D eigenvalue weighted by atomic mass is 35.5. The molecular formula is C19H18Cl2F2N2O2. The first kappa shape index (κ1) is 19.8. The number of hydrogen-bond acceptors (Lipinski definition) is 3. The van der Waals surface area contributed by atoms with E-state index < -0.39 is 12.4 Å². The molecule has 0 atom stereocenters. The maximum Gasteiger partial charge on any atom is 0.331 e. The summed E-state index contributed by atoms with van der Waals surface area (Å²) in [5, 5.41) is 5.05. The van der Waals surface area contributed by atoms with Crippen molar-refractivity contribution in [1.82, 2.24) is 9.78 Å². The number of alkyl halides is 2. The van der Waals surface area contributed by atoms with Crippen LogP contribution in [-0.4, -0.2) is 22.4 Å². The quantitative estimate of drug-likeness (QED) is 0.481. The van der Waals surface area contributed by atoms with Gasteiger partial charge in [-0.3, -0.25) is 4.68 Å². The standard InChI is InChI=1S/C19H18Cl2F2N2O2/c1-2-27-16(26)8-11-4-3-5-14-17(19(22)23)24-25(18(11)14)10-12-6-7-13(20)9-15(12)21/h6-9,19H,2-5,10H2,1H3/b11-8+. The maximum absolute atomic E-state index is 13.5. The average molecular weight is 415 g/mol. The first-order valence-corrected chi connectivity index (χ1v) is 9.35. The Balaban J connectivity index is 2.07. The van der Waals surface area contributed by atoms with Crippen LogP contribution in [0, 0.1) is 0 Å². The molecule has 8 heteroatoms. The van der Waals surface area contributed by atoms with Gasteiger partial charge in [0.1, 0.15) is 5.69 Å². The zero-order valence-electron chi connectivity index (χ0n) is 14.6.